The summed E-state index contributed by atoms with van der Waals surface area (Å²) in [5.74, 6) is 0.978. The summed E-state index contributed by atoms with van der Waals surface area (Å²) < 4.78 is 3.12. The quantitative estimate of drug-likeness (QED) is 0.616. The molecule has 0 N–H and O–H groups in total. The second kappa shape index (κ2) is 6.12. The normalized spacial score (nSPS) is 11.1. The highest BCUT2D eigenvalue weighted by atomic mass is 79.9. The van der Waals surface area contributed by atoms with Gasteiger partial charge < -0.3 is 4.57 Å². The highest BCUT2D eigenvalue weighted by Gasteiger charge is 2.16. The third kappa shape index (κ3) is 2.94. The first-order chi connectivity index (χ1) is 10.2. The van der Waals surface area contributed by atoms with E-state index in [9.17, 15) is 4.79 Å². The molecule has 0 atom stereocenters. The number of rotatable bonds is 5. The third-order valence-corrected chi connectivity index (χ3v) is 5.07. The van der Waals surface area contributed by atoms with Gasteiger partial charge in [0.25, 0.3) is 0 Å². The summed E-state index contributed by atoms with van der Waals surface area (Å²) in [6.07, 6.45) is 1.37. The van der Waals surface area contributed by atoms with E-state index in [4.69, 9.17) is 0 Å². The van der Waals surface area contributed by atoms with E-state index in [1.54, 1.807) is 0 Å². The zero-order chi connectivity index (χ0) is 14.8. The number of ketones is 1. The number of carbonyl (C=O) groups excluding carboxylic acids is 1. The molecular formula is C16H15BrN2OS. The molecule has 108 valence electrons. The third-order valence-electron chi connectivity index (χ3n) is 3.34. The van der Waals surface area contributed by atoms with E-state index in [1.165, 1.54) is 11.3 Å². The molecule has 0 amide bonds. The van der Waals surface area contributed by atoms with Crippen LogP contribution in [-0.2, 0) is 13.0 Å². The van der Waals surface area contributed by atoms with Gasteiger partial charge in [0, 0.05) is 16.4 Å². The number of thiophene rings is 1. The van der Waals surface area contributed by atoms with Gasteiger partial charge in [-0.15, -0.1) is 11.3 Å². The van der Waals surface area contributed by atoms with Crippen LogP contribution in [0.5, 0.6) is 0 Å². The number of benzene rings is 1. The Balaban J connectivity index is 1.96. The topological polar surface area (TPSA) is 34.9 Å². The van der Waals surface area contributed by atoms with Crippen molar-refractivity contribution >= 4 is 44.1 Å². The van der Waals surface area contributed by atoms with Gasteiger partial charge >= 0.3 is 0 Å². The lowest BCUT2D eigenvalue weighted by atomic mass is 10.2. The van der Waals surface area contributed by atoms with Gasteiger partial charge in [-0.1, -0.05) is 19.1 Å². The molecule has 1 aromatic carbocycles. The number of aromatic nitrogens is 2. The number of aryl methyl sites for hydroxylation is 1. The number of nitrogens with zero attached hydrogens (tertiary/aromatic N) is 2. The lowest BCUT2D eigenvalue weighted by Crippen LogP contribution is -2.09. The summed E-state index contributed by atoms with van der Waals surface area (Å²) in [5.41, 5.74) is 2.07. The predicted octanol–water partition coefficient (Wildman–Crippen LogP) is 4.70. The fourth-order valence-electron chi connectivity index (χ4n) is 2.42. The standard InChI is InChI=1S/C16H15BrN2OS/c1-2-7-19-13-6-4-3-5-12(13)18-16(19)9-14(20)15-8-11(17)10-21-15/h3-6,8,10H,2,7,9H2,1H3. The van der Waals surface area contributed by atoms with Gasteiger partial charge in [0.15, 0.2) is 5.78 Å². The predicted molar refractivity (Wildman–Crippen MR) is 90.1 cm³/mol. The molecule has 5 heteroatoms. The van der Waals surface area contributed by atoms with Crippen molar-refractivity contribution in [3.8, 4) is 0 Å². The SMILES string of the molecule is CCCn1c(CC(=O)c2cc(Br)cs2)nc2ccccc21. The molecule has 0 saturated heterocycles. The molecule has 3 rings (SSSR count). The Morgan fingerprint density at radius 3 is 2.90 bits per heavy atom. The molecule has 0 aliphatic heterocycles. The Labute approximate surface area is 135 Å². The molecule has 2 aromatic heterocycles. The maximum atomic E-state index is 12.4. The molecule has 21 heavy (non-hydrogen) atoms. The molecule has 2 heterocycles. The Kier molecular flexibility index (Phi) is 4.22. The first-order valence-electron chi connectivity index (χ1n) is 6.90. The average molecular weight is 363 g/mol. The van der Waals surface area contributed by atoms with Crippen LogP contribution in [0.15, 0.2) is 40.2 Å². The molecular weight excluding hydrogens is 348 g/mol. The molecule has 0 radical (unpaired) electrons. The zero-order valence-electron chi connectivity index (χ0n) is 11.7. The lowest BCUT2D eigenvalue weighted by Gasteiger charge is -2.06. The number of hydrogen-bond donors (Lipinski definition) is 0. The van der Waals surface area contributed by atoms with E-state index < -0.39 is 0 Å². The fraction of sp³-hybridized carbons (Fsp3) is 0.250. The monoisotopic (exact) mass is 362 g/mol. The van der Waals surface area contributed by atoms with E-state index in [1.807, 2.05) is 29.6 Å². The molecule has 0 fully saturated rings. The van der Waals surface area contributed by atoms with Crippen molar-refractivity contribution < 1.29 is 4.79 Å². The summed E-state index contributed by atoms with van der Waals surface area (Å²) in [6.45, 7) is 3.02. The van der Waals surface area contributed by atoms with Crippen LogP contribution >= 0.6 is 27.3 Å². The number of carbonyl (C=O) groups is 1. The van der Waals surface area contributed by atoms with Crippen LogP contribution in [0.4, 0.5) is 0 Å². The summed E-state index contributed by atoms with van der Waals surface area (Å²) in [7, 11) is 0. The van der Waals surface area contributed by atoms with Crippen LogP contribution in [0.25, 0.3) is 11.0 Å². The lowest BCUT2D eigenvalue weighted by molar-refractivity contribution is 0.0993. The fourth-order valence-corrected chi connectivity index (χ4v) is 3.79. The molecule has 0 bridgehead atoms. The molecule has 0 saturated carbocycles. The van der Waals surface area contributed by atoms with Crippen LogP contribution in [0.1, 0.15) is 28.8 Å². The Hall–Kier alpha value is -1.46. The van der Waals surface area contributed by atoms with E-state index in [0.29, 0.717) is 6.42 Å². The molecule has 0 unspecified atom stereocenters. The van der Waals surface area contributed by atoms with Gasteiger partial charge in [0.1, 0.15) is 5.82 Å². The molecule has 3 nitrogen and oxygen atoms in total. The summed E-state index contributed by atoms with van der Waals surface area (Å²) in [4.78, 5) is 17.8. The van der Waals surface area contributed by atoms with Crippen molar-refractivity contribution in [1.82, 2.24) is 9.55 Å². The number of imidazole rings is 1. The van der Waals surface area contributed by atoms with E-state index in [2.05, 4.69) is 38.5 Å². The van der Waals surface area contributed by atoms with E-state index in [0.717, 1.165) is 39.2 Å². The second-order valence-electron chi connectivity index (χ2n) is 4.90. The van der Waals surface area contributed by atoms with Gasteiger partial charge in [-0.05, 0) is 40.5 Å². The molecule has 0 aliphatic carbocycles. The minimum atomic E-state index is 0.123. The van der Waals surface area contributed by atoms with Crippen molar-refractivity contribution in [3.05, 3.63) is 50.9 Å². The van der Waals surface area contributed by atoms with Crippen molar-refractivity contribution in [2.24, 2.45) is 0 Å². The number of para-hydroxylation sites is 2. The highest BCUT2D eigenvalue weighted by molar-refractivity contribution is 9.10. The zero-order valence-corrected chi connectivity index (χ0v) is 14.1. The highest BCUT2D eigenvalue weighted by Crippen LogP contribution is 2.23. The summed E-state index contributed by atoms with van der Waals surface area (Å²) in [5, 5.41) is 1.93. The Morgan fingerprint density at radius 1 is 1.38 bits per heavy atom. The maximum Gasteiger partial charge on any atom is 0.180 e. The number of hydrogen-bond acceptors (Lipinski definition) is 3. The van der Waals surface area contributed by atoms with Crippen molar-refractivity contribution in [2.75, 3.05) is 0 Å². The van der Waals surface area contributed by atoms with Gasteiger partial charge in [-0.25, -0.2) is 4.98 Å². The molecule has 0 spiro atoms. The first kappa shape index (κ1) is 14.5. The first-order valence-corrected chi connectivity index (χ1v) is 8.57. The summed E-state index contributed by atoms with van der Waals surface area (Å²) >= 11 is 4.86. The van der Waals surface area contributed by atoms with Crippen LogP contribution in [0.3, 0.4) is 0 Å². The minimum absolute atomic E-state index is 0.123. The van der Waals surface area contributed by atoms with E-state index >= 15 is 0 Å². The van der Waals surface area contributed by atoms with E-state index in [-0.39, 0.29) is 5.78 Å². The molecule has 0 aliphatic rings. The Bertz CT molecular complexity index is 791. The van der Waals surface area contributed by atoms with Crippen LogP contribution in [0, 0.1) is 0 Å². The summed E-state index contributed by atoms with van der Waals surface area (Å²) in [6, 6.07) is 9.93. The Morgan fingerprint density at radius 2 is 2.19 bits per heavy atom. The van der Waals surface area contributed by atoms with Gasteiger partial charge in [-0.2, -0.15) is 0 Å². The average Bonchev–Trinajstić information content (AvgIpc) is 3.04. The van der Waals surface area contributed by atoms with Gasteiger partial charge in [0.2, 0.25) is 0 Å². The maximum absolute atomic E-state index is 12.4. The van der Waals surface area contributed by atoms with Crippen LogP contribution in [0.2, 0.25) is 0 Å². The second-order valence-corrected chi connectivity index (χ2v) is 6.72. The van der Waals surface area contributed by atoms with Gasteiger partial charge in [0.05, 0.1) is 22.3 Å². The number of halogens is 1. The van der Waals surface area contributed by atoms with Crippen molar-refractivity contribution in [1.29, 1.82) is 0 Å². The molecule has 3 aromatic rings. The number of fused-ring (bicyclic) bond motifs is 1. The largest absolute Gasteiger partial charge is 0.328 e. The number of Topliss-reactive ketones (excluding diaryl/α,β-unsaturated/α-hetero) is 1. The van der Waals surface area contributed by atoms with Crippen molar-refractivity contribution in [3.63, 3.8) is 0 Å². The van der Waals surface area contributed by atoms with Gasteiger partial charge in [-0.3, -0.25) is 4.79 Å². The van der Waals surface area contributed by atoms with Crippen LogP contribution in [-0.4, -0.2) is 15.3 Å². The smallest absolute Gasteiger partial charge is 0.180 e. The van der Waals surface area contributed by atoms with Crippen molar-refractivity contribution in [2.45, 2.75) is 26.3 Å². The van der Waals surface area contributed by atoms with Crippen LogP contribution < -0.4 is 0 Å². The minimum Gasteiger partial charge on any atom is -0.328 e.